The van der Waals surface area contributed by atoms with Crippen LogP contribution in [0, 0.1) is 11.3 Å². The molecule has 1 saturated heterocycles. The number of likely N-dealkylation sites (tertiary alicyclic amines) is 1. The highest BCUT2D eigenvalue weighted by atomic mass is 16.3. The lowest BCUT2D eigenvalue weighted by Crippen LogP contribution is -2.51. The van der Waals surface area contributed by atoms with Gasteiger partial charge >= 0.3 is 0 Å². The van der Waals surface area contributed by atoms with Gasteiger partial charge in [-0.1, -0.05) is 24.3 Å². The van der Waals surface area contributed by atoms with Gasteiger partial charge in [-0.15, -0.1) is 0 Å². The standard InChI is InChI=1S/C18H22N2O/c1-13-10-18(21,12-20(13)15-6-7-15)17(11-19)9-8-14-4-2-3-5-16(14)17/h2-5,13,15,21H,6-10,12H2,1H3. The normalized spacial score (nSPS) is 39.2. The van der Waals surface area contributed by atoms with E-state index in [1.807, 2.05) is 18.2 Å². The highest BCUT2D eigenvalue weighted by Crippen LogP contribution is 2.52. The van der Waals surface area contributed by atoms with Crippen LogP contribution < -0.4 is 0 Å². The van der Waals surface area contributed by atoms with E-state index in [1.165, 1.54) is 18.4 Å². The molecule has 2 aliphatic carbocycles. The summed E-state index contributed by atoms with van der Waals surface area (Å²) in [5.41, 5.74) is 0.683. The molecular formula is C18H22N2O. The summed E-state index contributed by atoms with van der Waals surface area (Å²) in [6, 6.07) is 11.7. The van der Waals surface area contributed by atoms with Crippen molar-refractivity contribution in [1.29, 1.82) is 5.26 Å². The molecule has 0 bridgehead atoms. The largest absolute Gasteiger partial charge is 0.386 e. The Kier molecular flexibility index (Phi) is 2.73. The number of hydrogen-bond donors (Lipinski definition) is 1. The number of fused-ring (bicyclic) bond motifs is 1. The van der Waals surface area contributed by atoms with Crippen molar-refractivity contribution in [3.05, 3.63) is 35.4 Å². The van der Waals surface area contributed by atoms with E-state index in [2.05, 4.69) is 24.0 Å². The van der Waals surface area contributed by atoms with E-state index in [0.29, 0.717) is 25.0 Å². The number of β-amino-alcohol motifs (C(OH)–C–C–N with tert-alkyl or cyclic N) is 1. The van der Waals surface area contributed by atoms with Crippen molar-refractivity contribution in [1.82, 2.24) is 4.90 Å². The third kappa shape index (κ3) is 1.73. The van der Waals surface area contributed by atoms with Crippen molar-refractivity contribution >= 4 is 0 Å². The lowest BCUT2D eigenvalue weighted by Gasteiger charge is -2.38. The van der Waals surface area contributed by atoms with Crippen LogP contribution in [0.3, 0.4) is 0 Å². The van der Waals surface area contributed by atoms with Crippen molar-refractivity contribution in [2.75, 3.05) is 6.54 Å². The summed E-state index contributed by atoms with van der Waals surface area (Å²) >= 11 is 0. The van der Waals surface area contributed by atoms with Crippen LogP contribution in [0.5, 0.6) is 0 Å². The van der Waals surface area contributed by atoms with Gasteiger partial charge in [-0.25, -0.2) is 0 Å². The van der Waals surface area contributed by atoms with E-state index in [-0.39, 0.29) is 0 Å². The van der Waals surface area contributed by atoms with Crippen LogP contribution in [0.2, 0.25) is 0 Å². The Hall–Kier alpha value is -1.37. The first-order chi connectivity index (χ1) is 10.1. The topological polar surface area (TPSA) is 47.3 Å². The molecule has 3 heteroatoms. The maximum absolute atomic E-state index is 11.4. The molecule has 0 aromatic heterocycles. The van der Waals surface area contributed by atoms with Crippen LogP contribution in [0.4, 0.5) is 0 Å². The van der Waals surface area contributed by atoms with Gasteiger partial charge in [-0.2, -0.15) is 5.26 Å². The monoisotopic (exact) mass is 282 g/mol. The predicted octanol–water partition coefficient (Wildman–Crippen LogP) is 2.38. The Morgan fingerprint density at radius 1 is 1.33 bits per heavy atom. The molecule has 0 amide bonds. The highest BCUT2D eigenvalue weighted by Gasteiger charge is 2.60. The fraction of sp³-hybridized carbons (Fsp3) is 0.611. The van der Waals surface area contributed by atoms with Crippen molar-refractivity contribution in [2.45, 2.75) is 62.1 Å². The first-order valence-electron chi connectivity index (χ1n) is 8.07. The fourth-order valence-corrected chi connectivity index (χ4v) is 4.65. The molecule has 21 heavy (non-hydrogen) atoms. The number of rotatable bonds is 2. The van der Waals surface area contributed by atoms with Crippen molar-refractivity contribution in [3.8, 4) is 6.07 Å². The Bertz CT molecular complexity index is 618. The smallest absolute Gasteiger partial charge is 0.113 e. The molecule has 1 saturated carbocycles. The van der Waals surface area contributed by atoms with E-state index in [9.17, 15) is 10.4 Å². The molecule has 1 N–H and O–H groups in total. The molecule has 3 atom stereocenters. The number of hydrogen-bond acceptors (Lipinski definition) is 3. The average Bonchev–Trinajstić information content (AvgIpc) is 3.17. The SMILES string of the molecule is CC1CC(O)(C2(C#N)CCc3ccccc32)CN1C1CC1. The summed E-state index contributed by atoms with van der Waals surface area (Å²) in [5.74, 6) is 0. The van der Waals surface area contributed by atoms with Gasteiger partial charge in [-0.05, 0) is 50.2 Å². The second kappa shape index (κ2) is 4.32. The average molecular weight is 282 g/mol. The molecule has 0 radical (unpaired) electrons. The third-order valence-corrected chi connectivity index (χ3v) is 5.89. The molecule has 1 heterocycles. The molecular weight excluding hydrogens is 260 g/mol. The first-order valence-corrected chi connectivity index (χ1v) is 8.07. The predicted molar refractivity (Wildman–Crippen MR) is 80.8 cm³/mol. The van der Waals surface area contributed by atoms with Gasteiger partial charge < -0.3 is 5.11 Å². The van der Waals surface area contributed by atoms with Crippen molar-refractivity contribution in [3.63, 3.8) is 0 Å². The first kappa shape index (κ1) is 13.3. The highest BCUT2D eigenvalue weighted by molar-refractivity contribution is 5.48. The van der Waals surface area contributed by atoms with Gasteiger partial charge in [0, 0.05) is 18.6 Å². The van der Waals surface area contributed by atoms with Gasteiger partial charge in [0.15, 0.2) is 0 Å². The van der Waals surface area contributed by atoms with Gasteiger partial charge in [0.2, 0.25) is 0 Å². The van der Waals surface area contributed by atoms with E-state index >= 15 is 0 Å². The molecule has 4 rings (SSSR count). The lowest BCUT2D eigenvalue weighted by molar-refractivity contribution is -0.00811. The van der Waals surface area contributed by atoms with Crippen LogP contribution in [0.15, 0.2) is 24.3 Å². The minimum atomic E-state index is -0.906. The molecule has 110 valence electrons. The van der Waals surface area contributed by atoms with Gasteiger partial charge in [0.25, 0.3) is 0 Å². The Balaban J connectivity index is 1.76. The zero-order valence-electron chi connectivity index (χ0n) is 12.5. The Morgan fingerprint density at radius 2 is 2.10 bits per heavy atom. The zero-order chi connectivity index (χ0) is 14.7. The quantitative estimate of drug-likeness (QED) is 0.906. The van der Waals surface area contributed by atoms with Crippen molar-refractivity contribution in [2.24, 2.45) is 0 Å². The number of nitriles is 1. The summed E-state index contributed by atoms with van der Waals surface area (Å²) in [5, 5.41) is 21.4. The number of nitrogens with zero attached hydrogens (tertiary/aromatic N) is 2. The molecule has 1 aromatic rings. The van der Waals surface area contributed by atoms with E-state index in [4.69, 9.17) is 0 Å². The van der Waals surface area contributed by atoms with Crippen LogP contribution in [-0.2, 0) is 11.8 Å². The second-order valence-electron chi connectivity index (χ2n) is 7.16. The van der Waals surface area contributed by atoms with Gasteiger partial charge in [0.05, 0.1) is 6.07 Å². The molecule has 1 aliphatic heterocycles. The van der Waals surface area contributed by atoms with E-state index in [1.54, 1.807) is 0 Å². The minimum absolute atomic E-state index is 0.375. The summed E-state index contributed by atoms with van der Waals surface area (Å²) in [7, 11) is 0. The molecule has 0 spiro atoms. The second-order valence-corrected chi connectivity index (χ2v) is 7.16. The summed E-state index contributed by atoms with van der Waals surface area (Å²) < 4.78 is 0. The molecule has 3 nitrogen and oxygen atoms in total. The minimum Gasteiger partial charge on any atom is -0.386 e. The van der Waals surface area contributed by atoms with Crippen LogP contribution in [0.25, 0.3) is 0 Å². The summed E-state index contributed by atoms with van der Waals surface area (Å²) in [4.78, 5) is 2.43. The van der Waals surface area contributed by atoms with Crippen LogP contribution in [0.1, 0.15) is 43.7 Å². The summed E-state index contributed by atoms with van der Waals surface area (Å²) in [6.07, 6.45) is 4.87. The maximum Gasteiger partial charge on any atom is 0.113 e. The summed E-state index contributed by atoms with van der Waals surface area (Å²) in [6.45, 7) is 2.85. The number of aliphatic hydroxyl groups is 1. The molecule has 3 unspecified atom stereocenters. The molecule has 1 aromatic carbocycles. The fourth-order valence-electron chi connectivity index (χ4n) is 4.65. The number of aryl methyl sites for hydroxylation is 1. The van der Waals surface area contributed by atoms with Gasteiger partial charge in [-0.3, -0.25) is 4.90 Å². The van der Waals surface area contributed by atoms with E-state index in [0.717, 1.165) is 18.4 Å². The third-order valence-electron chi connectivity index (χ3n) is 5.89. The lowest BCUT2D eigenvalue weighted by atomic mass is 9.68. The van der Waals surface area contributed by atoms with E-state index < -0.39 is 11.0 Å². The Labute approximate surface area is 126 Å². The van der Waals surface area contributed by atoms with Crippen molar-refractivity contribution < 1.29 is 5.11 Å². The van der Waals surface area contributed by atoms with Gasteiger partial charge in [0.1, 0.15) is 11.0 Å². The molecule has 3 aliphatic rings. The molecule has 2 fully saturated rings. The van der Waals surface area contributed by atoms with Crippen LogP contribution in [-0.4, -0.2) is 34.2 Å². The number of benzene rings is 1. The zero-order valence-corrected chi connectivity index (χ0v) is 12.5. The van der Waals surface area contributed by atoms with Crippen LogP contribution >= 0.6 is 0 Å². The maximum atomic E-state index is 11.4. The Morgan fingerprint density at radius 3 is 2.81 bits per heavy atom.